The van der Waals surface area contributed by atoms with Gasteiger partial charge < -0.3 is 9.84 Å². The lowest BCUT2D eigenvalue weighted by atomic mass is 9.86. The van der Waals surface area contributed by atoms with Crippen LogP contribution in [0.5, 0.6) is 0 Å². The Morgan fingerprint density at radius 3 is 2.69 bits per heavy atom. The quantitative estimate of drug-likeness (QED) is 0.850. The van der Waals surface area contributed by atoms with Crippen LogP contribution in [0.2, 0.25) is 0 Å². The van der Waals surface area contributed by atoms with E-state index in [1.807, 2.05) is 37.3 Å². The number of nitrogens with zero attached hydrogens (tertiary/aromatic N) is 3. The van der Waals surface area contributed by atoms with Crippen LogP contribution in [0.4, 0.5) is 13.2 Å². The molecule has 142 valence electrons. The molecular formula is C18H23F3N4O. The summed E-state index contributed by atoms with van der Waals surface area (Å²) in [6.07, 6.45) is -4.11. The summed E-state index contributed by atoms with van der Waals surface area (Å²) in [6, 6.07) is 9.54. The lowest BCUT2D eigenvalue weighted by Crippen LogP contribution is -2.45. The van der Waals surface area contributed by atoms with Gasteiger partial charge in [-0.2, -0.15) is 18.2 Å². The van der Waals surface area contributed by atoms with Crippen LogP contribution in [-0.2, 0) is 18.4 Å². The lowest BCUT2D eigenvalue weighted by molar-refractivity contribution is -0.193. The van der Waals surface area contributed by atoms with Crippen molar-refractivity contribution in [2.45, 2.75) is 43.9 Å². The van der Waals surface area contributed by atoms with E-state index in [-0.39, 0.29) is 24.9 Å². The topological polar surface area (TPSA) is 54.2 Å². The standard InChI is InChI=1S/C18H23F3N4O/c1-13(22-2)10-15-23-16(26-24-15)17(18(19,20)21)8-9-25(12-17)11-14-6-4-3-5-7-14/h3-7,13,22H,8-12H2,1-2H3. The number of aromatic nitrogens is 2. The molecule has 1 aliphatic rings. The van der Waals surface area contributed by atoms with Crippen LogP contribution in [0, 0.1) is 0 Å². The molecule has 0 saturated carbocycles. The van der Waals surface area contributed by atoms with E-state index in [1.54, 1.807) is 11.9 Å². The second-order valence-electron chi connectivity index (χ2n) is 6.94. The average Bonchev–Trinajstić information content (AvgIpc) is 3.23. The van der Waals surface area contributed by atoms with Gasteiger partial charge in [0.1, 0.15) is 0 Å². The highest BCUT2D eigenvalue weighted by atomic mass is 19.4. The van der Waals surface area contributed by atoms with E-state index in [0.29, 0.717) is 25.3 Å². The summed E-state index contributed by atoms with van der Waals surface area (Å²) in [4.78, 5) is 5.89. The monoisotopic (exact) mass is 368 g/mol. The summed E-state index contributed by atoms with van der Waals surface area (Å²) in [5.41, 5.74) is -1.12. The number of alkyl halides is 3. The predicted molar refractivity (Wildman–Crippen MR) is 90.6 cm³/mol. The normalized spacial score (nSPS) is 22.7. The zero-order valence-electron chi connectivity index (χ0n) is 14.9. The van der Waals surface area contributed by atoms with Gasteiger partial charge in [-0.3, -0.25) is 4.90 Å². The lowest BCUT2D eigenvalue weighted by Gasteiger charge is -2.28. The van der Waals surface area contributed by atoms with Gasteiger partial charge in [0.2, 0.25) is 5.89 Å². The molecule has 1 aliphatic heterocycles. The number of hydrogen-bond donors (Lipinski definition) is 1. The molecule has 2 unspecified atom stereocenters. The van der Waals surface area contributed by atoms with Crippen LogP contribution in [0.3, 0.4) is 0 Å². The van der Waals surface area contributed by atoms with Crippen molar-refractivity contribution in [3.05, 3.63) is 47.6 Å². The summed E-state index contributed by atoms with van der Waals surface area (Å²) in [5.74, 6) is -0.0224. The summed E-state index contributed by atoms with van der Waals surface area (Å²) < 4.78 is 47.0. The smallest absolute Gasteiger partial charge is 0.338 e. The van der Waals surface area contributed by atoms with Gasteiger partial charge in [0.15, 0.2) is 11.2 Å². The fourth-order valence-corrected chi connectivity index (χ4v) is 3.30. The maximum Gasteiger partial charge on any atom is 0.404 e. The number of hydrogen-bond acceptors (Lipinski definition) is 5. The minimum Gasteiger partial charge on any atom is -0.338 e. The Bertz CT molecular complexity index is 719. The van der Waals surface area contributed by atoms with Gasteiger partial charge in [0.25, 0.3) is 0 Å². The molecule has 1 saturated heterocycles. The molecular weight excluding hydrogens is 345 g/mol. The van der Waals surface area contributed by atoms with Gasteiger partial charge in [-0.15, -0.1) is 0 Å². The van der Waals surface area contributed by atoms with Gasteiger partial charge in [0, 0.05) is 25.6 Å². The maximum absolute atomic E-state index is 14.0. The zero-order valence-corrected chi connectivity index (χ0v) is 14.9. The number of halogens is 3. The molecule has 3 rings (SSSR count). The third-order valence-corrected chi connectivity index (χ3v) is 5.00. The van der Waals surface area contributed by atoms with Crippen molar-refractivity contribution in [1.82, 2.24) is 20.4 Å². The van der Waals surface area contributed by atoms with Gasteiger partial charge in [-0.25, -0.2) is 0 Å². The van der Waals surface area contributed by atoms with Crippen LogP contribution in [0.15, 0.2) is 34.9 Å². The molecule has 0 bridgehead atoms. The van der Waals surface area contributed by atoms with Crippen molar-refractivity contribution in [3.8, 4) is 0 Å². The van der Waals surface area contributed by atoms with Gasteiger partial charge >= 0.3 is 6.18 Å². The molecule has 1 N–H and O–H groups in total. The molecule has 5 nitrogen and oxygen atoms in total. The molecule has 2 atom stereocenters. The Morgan fingerprint density at radius 1 is 1.31 bits per heavy atom. The molecule has 0 aliphatic carbocycles. The first-order valence-electron chi connectivity index (χ1n) is 8.67. The van der Waals surface area contributed by atoms with Gasteiger partial charge in [-0.05, 0) is 32.5 Å². The Kier molecular flexibility index (Phi) is 5.34. The number of nitrogens with one attached hydrogen (secondary N) is 1. The first-order chi connectivity index (χ1) is 12.3. The Hall–Kier alpha value is -1.93. The largest absolute Gasteiger partial charge is 0.404 e. The Labute approximate surface area is 150 Å². The number of rotatable bonds is 6. The summed E-state index contributed by atoms with van der Waals surface area (Å²) in [7, 11) is 1.78. The molecule has 8 heteroatoms. The van der Waals surface area contributed by atoms with Crippen molar-refractivity contribution in [2.75, 3.05) is 20.1 Å². The minimum absolute atomic E-state index is 0.0560. The fourth-order valence-electron chi connectivity index (χ4n) is 3.30. The molecule has 1 fully saturated rings. The summed E-state index contributed by atoms with van der Waals surface area (Å²) in [6.45, 7) is 2.54. The highest BCUT2D eigenvalue weighted by Crippen LogP contribution is 2.47. The Balaban J connectivity index is 1.80. The number of benzene rings is 1. The fraction of sp³-hybridized carbons (Fsp3) is 0.556. The number of likely N-dealkylation sites (tertiary alicyclic amines) is 1. The molecule has 26 heavy (non-hydrogen) atoms. The second kappa shape index (κ2) is 7.36. The molecule has 0 amide bonds. The van der Waals surface area contributed by atoms with Crippen molar-refractivity contribution in [2.24, 2.45) is 0 Å². The first-order valence-corrected chi connectivity index (χ1v) is 8.67. The maximum atomic E-state index is 14.0. The molecule has 2 aromatic rings. The summed E-state index contributed by atoms with van der Waals surface area (Å²) >= 11 is 0. The van der Waals surface area contributed by atoms with E-state index in [0.717, 1.165) is 5.56 Å². The Morgan fingerprint density at radius 2 is 2.04 bits per heavy atom. The second-order valence-corrected chi connectivity index (χ2v) is 6.94. The minimum atomic E-state index is -4.45. The van der Waals surface area contributed by atoms with Crippen LogP contribution in [0.1, 0.15) is 30.6 Å². The molecule has 1 aromatic heterocycles. The predicted octanol–water partition coefficient (Wildman–Crippen LogP) is 2.93. The molecule has 0 radical (unpaired) electrons. The molecule has 2 heterocycles. The van der Waals surface area contributed by atoms with Crippen molar-refractivity contribution < 1.29 is 17.7 Å². The molecule has 1 aromatic carbocycles. The molecule has 0 spiro atoms. The van der Waals surface area contributed by atoms with Crippen molar-refractivity contribution in [1.29, 1.82) is 0 Å². The van der Waals surface area contributed by atoms with Crippen LogP contribution in [0.25, 0.3) is 0 Å². The van der Waals surface area contributed by atoms with Gasteiger partial charge in [0.05, 0.1) is 0 Å². The number of likely N-dealkylation sites (N-methyl/N-ethyl adjacent to an activating group) is 1. The van der Waals surface area contributed by atoms with E-state index in [9.17, 15) is 13.2 Å². The van der Waals surface area contributed by atoms with Crippen LogP contribution < -0.4 is 5.32 Å². The van der Waals surface area contributed by atoms with Crippen molar-refractivity contribution >= 4 is 0 Å². The summed E-state index contributed by atoms with van der Waals surface area (Å²) in [5, 5.41) is 6.79. The van der Waals surface area contributed by atoms with E-state index in [2.05, 4.69) is 15.5 Å². The van der Waals surface area contributed by atoms with E-state index < -0.39 is 11.6 Å². The van der Waals surface area contributed by atoms with E-state index >= 15 is 0 Å². The zero-order chi connectivity index (χ0) is 18.8. The van der Waals surface area contributed by atoms with Crippen molar-refractivity contribution in [3.63, 3.8) is 0 Å². The highest BCUT2D eigenvalue weighted by molar-refractivity contribution is 5.18. The third kappa shape index (κ3) is 3.76. The van der Waals surface area contributed by atoms with E-state index in [4.69, 9.17) is 4.52 Å². The van der Waals surface area contributed by atoms with Gasteiger partial charge in [-0.1, -0.05) is 35.5 Å². The SMILES string of the molecule is CNC(C)Cc1noc(C2(C(F)(F)F)CCN(Cc3ccccc3)C2)n1. The highest BCUT2D eigenvalue weighted by Gasteiger charge is 2.62. The first kappa shape index (κ1) is 18.8. The van der Waals surface area contributed by atoms with Crippen LogP contribution in [-0.4, -0.2) is 47.4 Å². The third-order valence-electron chi connectivity index (χ3n) is 5.00. The average molecular weight is 368 g/mol. The van der Waals surface area contributed by atoms with E-state index in [1.165, 1.54) is 0 Å². The van der Waals surface area contributed by atoms with Crippen LogP contribution >= 0.6 is 0 Å².